The van der Waals surface area contributed by atoms with E-state index in [1.54, 1.807) is 11.1 Å². The van der Waals surface area contributed by atoms with E-state index in [0.29, 0.717) is 11.8 Å². The number of fused-ring (bicyclic) bond motifs is 10. The first-order valence-corrected chi connectivity index (χ1v) is 30.2. The van der Waals surface area contributed by atoms with Gasteiger partial charge in [-0.05, 0) is 139 Å². The molecule has 14 rings (SSSR count). The van der Waals surface area contributed by atoms with Crippen LogP contribution in [0.2, 0.25) is 0 Å². The quantitative estimate of drug-likeness (QED) is 0.161. The lowest BCUT2D eigenvalue weighted by molar-refractivity contribution is 0.445. The Morgan fingerprint density at radius 2 is 0.823 bits per heavy atom. The second-order valence-corrected chi connectivity index (χ2v) is 28.7. The van der Waals surface area contributed by atoms with Gasteiger partial charge in [-0.2, -0.15) is 0 Å². The molecule has 0 saturated heterocycles. The monoisotopic (exact) mass is 1030 g/mol. The highest BCUT2D eigenvalue weighted by atomic mass is 15.0. The standard InChI is InChI=1S/C74H79BN4/c1-71(2,3)49-39-53(73(7,8)9)65-59(41-49)78-61-37-48(58-43-57(46-29-21-15-22-30-46)76-70(77-58)47-31-23-16-24-32-47)38-62-67(61)75(55-35-33-51(63(65)68(55)78)44-25-17-13-18-26-44)56-36-34-52(45-27-19-14-20-28-45)64-66-54(74(10,11)12)40-50(72(4,5)6)42-60(66)79(62)69(56)64/h15-16,21-24,29-45H,13-14,17-20,25-28H2,1-12H3. The van der Waals surface area contributed by atoms with Crippen LogP contribution in [0.3, 0.4) is 0 Å². The van der Waals surface area contributed by atoms with Gasteiger partial charge in [0.1, 0.15) is 0 Å². The fourth-order valence-corrected chi connectivity index (χ4v) is 15.1. The van der Waals surface area contributed by atoms with Crippen molar-refractivity contribution in [1.82, 2.24) is 19.1 Å². The fraction of sp³-hybridized carbons (Fsp3) is 0.378. The van der Waals surface area contributed by atoms with Gasteiger partial charge in [0.15, 0.2) is 5.82 Å². The topological polar surface area (TPSA) is 35.6 Å². The number of aromatic nitrogens is 4. The predicted molar refractivity (Wildman–Crippen MR) is 338 cm³/mol. The molecule has 10 aromatic rings. The Labute approximate surface area is 470 Å². The summed E-state index contributed by atoms with van der Waals surface area (Å²) in [6.45, 7) is 29.1. The fourth-order valence-electron chi connectivity index (χ4n) is 15.1. The van der Waals surface area contributed by atoms with Gasteiger partial charge in [0.25, 0.3) is 6.71 Å². The van der Waals surface area contributed by atoms with E-state index in [9.17, 15) is 0 Å². The van der Waals surface area contributed by atoms with E-state index >= 15 is 0 Å². The van der Waals surface area contributed by atoms with E-state index in [4.69, 9.17) is 9.97 Å². The van der Waals surface area contributed by atoms with Crippen LogP contribution in [0.5, 0.6) is 0 Å². The Balaban J connectivity index is 1.21. The summed E-state index contributed by atoms with van der Waals surface area (Å²) in [5.74, 6) is 1.79. The van der Waals surface area contributed by atoms with E-state index < -0.39 is 0 Å². The molecule has 398 valence electrons. The maximum atomic E-state index is 5.65. The maximum Gasteiger partial charge on any atom is 0.252 e. The second kappa shape index (κ2) is 17.9. The normalized spacial score (nSPS) is 16.2. The lowest BCUT2D eigenvalue weighted by Crippen LogP contribution is -2.59. The first-order chi connectivity index (χ1) is 37.7. The lowest BCUT2D eigenvalue weighted by Gasteiger charge is -2.35. The molecule has 0 unspecified atom stereocenters. The molecular weight excluding hydrogens is 956 g/mol. The molecule has 0 atom stereocenters. The molecule has 3 aromatic heterocycles. The molecule has 2 saturated carbocycles. The lowest BCUT2D eigenvalue weighted by atomic mass is 9.34. The molecule has 2 fully saturated rings. The van der Waals surface area contributed by atoms with Crippen molar-refractivity contribution >= 4 is 66.7 Å². The maximum absolute atomic E-state index is 5.65. The minimum Gasteiger partial charge on any atom is -0.310 e. The van der Waals surface area contributed by atoms with E-state index in [2.05, 4.69) is 220 Å². The summed E-state index contributed by atoms with van der Waals surface area (Å²) in [6.07, 6.45) is 12.8. The second-order valence-electron chi connectivity index (χ2n) is 28.7. The molecule has 5 heterocycles. The molecule has 0 amide bonds. The van der Waals surface area contributed by atoms with E-state index in [-0.39, 0.29) is 28.4 Å². The highest BCUT2D eigenvalue weighted by Gasteiger charge is 2.44. The highest BCUT2D eigenvalue weighted by Crippen LogP contribution is 2.51. The minimum absolute atomic E-state index is 0.0176. The zero-order valence-electron chi connectivity index (χ0n) is 49.2. The number of hydrogen-bond donors (Lipinski definition) is 0. The van der Waals surface area contributed by atoms with Crippen LogP contribution in [0.15, 0.2) is 127 Å². The third kappa shape index (κ3) is 7.96. The first-order valence-electron chi connectivity index (χ1n) is 30.2. The van der Waals surface area contributed by atoms with Gasteiger partial charge in [0, 0.05) is 60.6 Å². The van der Waals surface area contributed by atoms with Crippen molar-refractivity contribution in [3.05, 3.63) is 161 Å². The molecular formula is C74H79BN4. The predicted octanol–water partition coefficient (Wildman–Crippen LogP) is 18.1. The molecule has 4 aliphatic rings. The van der Waals surface area contributed by atoms with Crippen LogP contribution in [-0.4, -0.2) is 25.8 Å². The summed E-state index contributed by atoms with van der Waals surface area (Å²) in [6, 6.07) is 49.6. The molecule has 0 bridgehead atoms. The Hall–Kier alpha value is -6.72. The Bertz CT molecular complexity index is 3850. The zero-order valence-corrected chi connectivity index (χ0v) is 49.2. The molecule has 2 aliphatic carbocycles. The van der Waals surface area contributed by atoms with Gasteiger partial charge in [-0.1, -0.05) is 219 Å². The zero-order chi connectivity index (χ0) is 54.7. The first kappa shape index (κ1) is 50.5. The molecule has 0 spiro atoms. The van der Waals surface area contributed by atoms with Crippen LogP contribution in [-0.2, 0) is 21.7 Å². The molecule has 0 N–H and O–H groups in total. The van der Waals surface area contributed by atoms with Crippen LogP contribution in [0, 0.1) is 0 Å². The third-order valence-corrected chi connectivity index (χ3v) is 19.2. The summed E-state index contributed by atoms with van der Waals surface area (Å²) in [4.78, 5) is 11.0. The van der Waals surface area contributed by atoms with Crippen molar-refractivity contribution in [1.29, 1.82) is 0 Å². The van der Waals surface area contributed by atoms with Crippen LogP contribution in [0.25, 0.3) is 88.9 Å². The number of benzene rings is 7. The molecule has 2 aliphatic heterocycles. The van der Waals surface area contributed by atoms with Crippen molar-refractivity contribution in [3.63, 3.8) is 0 Å². The van der Waals surface area contributed by atoms with Gasteiger partial charge < -0.3 is 9.13 Å². The minimum atomic E-state index is -0.105. The van der Waals surface area contributed by atoms with Crippen molar-refractivity contribution < 1.29 is 0 Å². The van der Waals surface area contributed by atoms with Crippen LogP contribution < -0.4 is 16.4 Å². The smallest absolute Gasteiger partial charge is 0.252 e. The Kier molecular flexibility index (Phi) is 11.4. The molecule has 0 radical (unpaired) electrons. The van der Waals surface area contributed by atoms with Crippen molar-refractivity contribution in [3.8, 4) is 45.3 Å². The molecule has 4 nitrogen and oxygen atoms in total. The average Bonchev–Trinajstić information content (AvgIpc) is 2.29. The molecule has 7 aromatic carbocycles. The summed E-state index contributed by atoms with van der Waals surface area (Å²) in [7, 11) is 0. The Morgan fingerprint density at radius 1 is 0.405 bits per heavy atom. The van der Waals surface area contributed by atoms with Crippen LogP contribution in [0.4, 0.5) is 0 Å². The van der Waals surface area contributed by atoms with Crippen molar-refractivity contribution in [2.45, 2.75) is 181 Å². The van der Waals surface area contributed by atoms with Gasteiger partial charge >= 0.3 is 0 Å². The van der Waals surface area contributed by atoms with Gasteiger partial charge in [0.05, 0.1) is 22.4 Å². The van der Waals surface area contributed by atoms with Gasteiger partial charge in [-0.3, -0.25) is 0 Å². The number of hydrogen-bond acceptors (Lipinski definition) is 2. The summed E-state index contributed by atoms with van der Waals surface area (Å²) < 4.78 is 5.58. The van der Waals surface area contributed by atoms with E-state index in [0.717, 1.165) is 33.9 Å². The van der Waals surface area contributed by atoms with Crippen molar-refractivity contribution in [2.24, 2.45) is 0 Å². The third-order valence-electron chi connectivity index (χ3n) is 19.2. The van der Waals surface area contributed by atoms with E-state index in [1.807, 2.05) is 0 Å². The van der Waals surface area contributed by atoms with Crippen LogP contribution in [0.1, 0.15) is 193 Å². The molecule has 79 heavy (non-hydrogen) atoms. The highest BCUT2D eigenvalue weighted by molar-refractivity contribution is 7.00. The van der Waals surface area contributed by atoms with Gasteiger partial charge in [-0.25, -0.2) is 9.97 Å². The van der Waals surface area contributed by atoms with Crippen LogP contribution >= 0.6 is 0 Å². The van der Waals surface area contributed by atoms with E-state index in [1.165, 1.54) is 158 Å². The van der Waals surface area contributed by atoms with Gasteiger partial charge in [-0.15, -0.1) is 0 Å². The largest absolute Gasteiger partial charge is 0.310 e. The number of nitrogens with zero attached hydrogens (tertiary/aromatic N) is 4. The Morgan fingerprint density at radius 3 is 1.24 bits per heavy atom. The summed E-state index contributed by atoms with van der Waals surface area (Å²) >= 11 is 0. The summed E-state index contributed by atoms with van der Waals surface area (Å²) in [5, 5.41) is 5.88. The summed E-state index contributed by atoms with van der Waals surface area (Å²) in [5.41, 5.74) is 25.8. The van der Waals surface area contributed by atoms with Gasteiger partial charge in [0.2, 0.25) is 0 Å². The number of rotatable bonds is 5. The SMILES string of the molecule is CC(C)(C)c1cc(C(C)(C)C)c2c3c(C4CCCCC4)ccc4c3n(c2c1)-c1cc(-c2cc(-c3ccccc3)nc(-c3ccccc3)n2)cc2c1B4c1ccc(C3CCCCC3)c3c4c(C(C)(C)C)cc(C(C)(C)C)cc4n-2c13. The molecule has 5 heteroatoms. The average molecular weight is 1040 g/mol. The van der Waals surface area contributed by atoms with Crippen molar-refractivity contribution in [2.75, 3.05) is 0 Å².